The number of carbonyl (C=O) groups excluding carboxylic acids is 2. The van der Waals surface area contributed by atoms with E-state index in [1.165, 1.54) is 6.08 Å². The number of carbonyl (C=O) groups is 2. The Bertz CT molecular complexity index is 960. The molecule has 0 saturated carbocycles. The topological polar surface area (TPSA) is 90.5 Å². The standard InChI is InChI=1S/C21H23ClN6O2/c1-2-18(29)24-15-6-4-14(5-7-15)20(30)28-11-8-16(13-28)25-21-23-12-17(22)19(26-21)27-9-3-10-27/h2,4-7,12,16H,1,3,8-11,13H2,(H,24,29)(H,23,25,26)/t16-/m1/s1. The van der Waals surface area contributed by atoms with Crippen molar-refractivity contribution in [3.8, 4) is 0 Å². The molecule has 2 saturated heterocycles. The number of hydrogen-bond acceptors (Lipinski definition) is 6. The average Bonchev–Trinajstić information content (AvgIpc) is 3.17. The van der Waals surface area contributed by atoms with Crippen LogP contribution in [0.15, 0.2) is 43.1 Å². The molecule has 8 nitrogen and oxygen atoms in total. The van der Waals surface area contributed by atoms with Gasteiger partial charge in [-0.1, -0.05) is 18.2 Å². The van der Waals surface area contributed by atoms with Crippen LogP contribution in [0.1, 0.15) is 23.2 Å². The maximum Gasteiger partial charge on any atom is 0.253 e. The minimum atomic E-state index is -0.288. The van der Waals surface area contributed by atoms with Gasteiger partial charge in [-0.25, -0.2) is 4.98 Å². The van der Waals surface area contributed by atoms with Gasteiger partial charge >= 0.3 is 0 Å². The number of nitrogens with zero attached hydrogens (tertiary/aromatic N) is 4. The maximum absolute atomic E-state index is 12.8. The Balaban J connectivity index is 1.35. The summed E-state index contributed by atoms with van der Waals surface area (Å²) in [4.78, 5) is 36.9. The Labute approximate surface area is 179 Å². The van der Waals surface area contributed by atoms with Crippen LogP contribution in [0.2, 0.25) is 5.02 Å². The van der Waals surface area contributed by atoms with Crippen LogP contribution >= 0.6 is 11.6 Å². The van der Waals surface area contributed by atoms with Gasteiger partial charge in [-0.2, -0.15) is 4.98 Å². The molecular weight excluding hydrogens is 404 g/mol. The van der Waals surface area contributed by atoms with Crippen molar-refractivity contribution in [3.05, 3.63) is 53.7 Å². The molecule has 1 atom stereocenters. The second kappa shape index (κ2) is 8.71. The summed E-state index contributed by atoms with van der Waals surface area (Å²) >= 11 is 6.22. The van der Waals surface area contributed by atoms with Crippen LogP contribution in [0.5, 0.6) is 0 Å². The molecule has 2 aromatic rings. The summed E-state index contributed by atoms with van der Waals surface area (Å²) in [5.74, 6) is 0.960. The highest BCUT2D eigenvalue weighted by Crippen LogP contribution is 2.28. The minimum Gasteiger partial charge on any atom is -0.355 e. The number of aromatic nitrogens is 2. The minimum absolute atomic E-state index is 0.0424. The lowest BCUT2D eigenvalue weighted by molar-refractivity contribution is -0.111. The van der Waals surface area contributed by atoms with E-state index in [9.17, 15) is 9.59 Å². The lowest BCUT2D eigenvalue weighted by Crippen LogP contribution is -2.38. The Hall–Kier alpha value is -3.13. The first-order chi connectivity index (χ1) is 14.5. The summed E-state index contributed by atoms with van der Waals surface area (Å²) in [5, 5.41) is 6.55. The van der Waals surface area contributed by atoms with Crippen molar-refractivity contribution in [1.82, 2.24) is 14.9 Å². The first kappa shape index (κ1) is 20.2. The normalized spacial score (nSPS) is 18.0. The summed E-state index contributed by atoms with van der Waals surface area (Å²) in [6.07, 6.45) is 4.77. The predicted molar refractivity (Wildman–Crippen MR) is 117 cm³/mol. The zero-order chi connectivity index (χ0) is 21.1. The summed E-state index contributed by atoms with van der Waals surface area (Å²) in [6.45, 7) is 6.55. The average molecular weight is 427 g/mol. The highest BCUT2D eigenvalue weighted by molar-refractivity contribution is 6.32. The summed E-state index contributed by atoms with van der Waals surface area (Å²) in [5.41, 5.74) is 1.20. The van der Waals surface area contributed by atoms with Crippen molar-refractivity contribution in [3.63, 3.8) is 0 Å². The molecule has 0 unspecified atom stereocenters. The third kappa shape index (κ3) is 4.38. The van der Waals surface area contributed by atoms with Crippen LogP contribution in [-0.2, 0) is 4.79 Å². The van der Waals surface area contributed by atoms with Gasteiger partial charge in [0.25, 0.3) is 5.91 Å². The molecule has 9 heteroatoms. The SMILES string of the molecule is C=CC(=O)Nc1ccc(C(=O)N2CC[C@@H](Nc3ncc(Cl)c(N4CCC4)n3)C2)cc1. The van der Waals surface area contributed by atoms with Crippen molar-refractivity contribution in [2.24, 2.45) is 0 Å². The monoisotopic (exact) mass is 426 g/mol. The molecule has 2 fully saturated rings. The first-order valence-corrected chi connectivity index (χ1v) is 10.3. The van der Waals surface area contributed by atoms with Gasteiger partial charge in [0.2, 0.25) is 11.9 Å². The molecule has 2 N–H and O–H groups in total. The van der Waals surface area contributed by atoms with Crippen LogP contribution in [-0.4, -0.2) is 58.9 Å². The lowest BCUT2D eigenvalue weighted by atomic mass is 10.2. The van der Waals surface area contributed by atoms with Crippen molar-refractivity contribution in [2.45, 2.75) is 18.9 Å². The van der Waals surface area contributed by atoms with Gasteiger partial charge in [0.05, 0.1) is 6.20 Å². The van der Waals surface area contributed by atoms with E-state index in [4.69, 9.17) is 11.6 Å². The number of anilines is 3. The molecule has 2 aliphatic rings. The lowest BCUT2D eigenvalue weighted by Gasteiger charge is -2.32. The predicted octanol–water partition coefficient (Wildman–Crippen LogP) is 2.79. The van der Waals surface area contributed by atoms with E-state index in [0.29, 0.717) is 35.3 Å². The second-order valence-electron chi connectivity index (χ2n) is 7.36. The van der Waals surface area contributed by atoms with Crippen molar-refractivity contribution in [2.75, 3.05) is 41.7 Å². The fourth-order valence-electron chi connectivity index (χ4n) is 3.49. The number of likely N-dealkylation sites (tertiary alicyclic amines) is 1. The summed E-state index contributed by atoms with van der Waals surface area (Å²) in [6, 6.07) is 6.91. The molecule has 1 aromatic carbocycles. The molecule has 0 radical (unpaired) electrons. The van der Waals surface area contributed by atoms with Crippen LogP contribution < -0.4 is 15.5 Å². The molecule has 2 aliphatic heterocycles. The maximum atomic E-state index is 12.8. The molecule has 30 heavy (non-hydrogen) atoms. The third-order valence-corrected chi connectivity index (χ3v) is 5.54. The number of hydrogen-bond donors (Lipinski definition) is 2. The van der Waals surface area contributed by atoms with Gasteiger partial charge in [0, 0.05) is 43.5 Å². The number of amides is 2. The van der Waals surface area contributed by atoms with Crippen LogP contribution in [0, 0.1) is 0 Å². The molecule has 0 spiro atoms. The van der Waals surface area contributed by atoms with Gasteiger partial charge in [-0.3, -0.25) is 9.59 Å². The summed E-state index contributed by atoms with van der Waals surface area (Å²) < 4.78 is 0. The smallest absolute Gasteiger partial charge is 0.253 e. The fraction of sp³-hybridized carbons (Fsp3) is 0.333. The van der Waals surface area contributed by atoms with Gasteiger partial charge < -0.3 is 20.4 Å². The zero-order valence-corrected chi connectivity index (χ0v) is 17.2. The van der Waals surface area contributed by atoms with Gasteiger partial charge in [0.1, 0.15) is 5.02 Å². The highest BCUT2D eigenvalue weighted by Gasteiger charge is 2.28. The van der Waals surface area contributed by atoms with E-state index >= 15 is 0 Å². The first-order valence-electron chi connectivity index (χ1n) is 9.90. The largest absolute Gasteiger partial charge is 0.355 e. The van der Waals surface area contributed by atoms with E-state index < -0.39 is 0 Å². The van der Waals surface area contributed by atoms with E-state index in [0.717, 1.165) is 31.7 Å². The molecule has 0 aliphatic carbocycles. The Morgan fingerprint density at radius 1 is 1.20 bits per heavy atom. The van der Waals surface area contributed by atoms with E-state index in [2.05, 4.69) is 32.1 Å². The molecule has 1 aromatic heterocycles. The van der Waals surface area contributed by atoms with Gasteiger partial charge in [-0.05, 0) is 43.2 Å². The molecule has 2 amide bonds. The van der Waals surface area contributed by atoms with Crippen LogP contribution in [0.3, 0.4) is 0 Å². The number of benzene rings is 1. The van der Waals surface area contributed by atoms with E-state index in [1.807, 2.05) is 0 Å². The van der Waals surface area contributed by atoms with Crippen LogP contribution in [0.4, 0.5) is 17.5 Å². The zero-order valence-electron chi connectivity index (χ0n) is 16.5. The van der Waals surface area contributed by atoms with E-state index in [-0.39, 0.29) is 17.9 Å². The quantitative estimate of drug-likeness (QED) is 0.690. The Kier molecular flexibility index (Phi) is 5.85. The fourth-order valence-corrected chi connectivity index (χ4v) is 3.71. The second-order valence-corrected chi connectivity index (χ2v) is 7.76. The van der Waals surface area contributed by atoms with E-state index in [1.54, 1.807) is 35.4 Å². The van der Waals surface area contributed by atoms with Gasteiger partial charge in [-0.15, -0.1) is 0 Å². The third-order valence-electron chi connectivity index (χ3n) is 5.27. The molecule has 0 bridgehead atoms. The molecule has 3 heterocycles. The summed E-state index contributed by atoms with van der Waals surface area (Å²) in [7, 11) is 0. The van der Waals surface area contributed by atoms with Crippen molar-refractivity contribution < 1.29 is 9.59 Å². The number of halogens is 1. The van der Waals surface area contributed by atoms with Crippen LogP contribution in [0.25, 0.3) is 0 Å². The van der Waals surface area contributed by atoms with Gasteiger partial charge in [0.15, 0.2) is 5.82 Å². The highest BCUT2D eigenvalue weighted by atomic mass is 35.5. The molecule has 4 rings (SSSR count). The van der Waals surface area contributed by atoms with Crippen molar-refractivity contribution >= 4 is 40.9 Å². The molecule has 156 valence electrons. The number of nitrogens with one attached hydrogen (secondary N) is 2. The number of rotatable bonds is 6. The Morgan fingerprint density at radius 2 is 1.97 bits per heavy atom. The Morgan fingerprint density at radius 3 is 2.63 bits per heavy atom. The molecular formula is C21H23ClN6O2. The van der Waals surface area contributed by atoms with Crippen molar-refractivity contribution in [1.29, 1.82) is 0 Å².